The second-order valence-electron chi connectivity index (χ2n) is 6.12. The highest BCUT2D eigenvalue weighted by molar-refractivity contribution is 6.04. The summed E-state index contributed by atoms with van der Waals surface area (Å²) in [5.41, 5.74) is 9.38. The van der Waals surface area contributed by atoms with Crippen LogP contribution in [0.25, 0.3) is 0 Å². The van der Waals surface area contributed by atoms with Gasteiger partial charge in [-0.05, 0) is 42.3 Å². The van der Waals surface area contributed by atoms with Crippen molar-refractivity contribution < 1.29 is 14.3 Å². The number of anilines is 1. The molecule has 1 amide bonds. The zero-order valence-electron chi connectivity index (χ0n) is 15.1. The molecule has 1 aliphatic heterocycles. The maximum Gasteiger partial charge on any atom is 0.243 e. The topological polar surface area (TPSA) is 77.1 Å². The zero-order valence-corrected chi connectivity index (χ0v) is 15.1. The van der Waals surface area contributed by atoms with Crippen molar-refractivity contribution in [2.45, 2.75) is 19.3 Å². The van der Waals surface area contributed by atoms with Gasteiger partial charge in [0.15, 0.2) is 11.5 Å². The number of nitrogens with zero attached hydrogens (tertiary/aromatic N) is 2. The number of benzene rings is 2. The summed E-state index contributed by atoms with van der Waals surface area (Å²) < 4.78 is 10.6. The van der Waals surface area contributed by atoms with Crippen molar-refractivity contribution in [2.75, 3.05) is 26.5 Å². The third kappa shape index (κ3) is 3.96. The molecule has 0 saturated heterocycles. The summed E-state index contributed by atoms with van der Waals surface area (Å²) in [6.45, 7) is 0.541. The highest BCUT2D eigenvalue weighted by Gasteiger charge is 2.21. The quantitative estimate of drug-likeness (QED) is 0.810. The Morgan fingerprint density at radius 3 is 2.46 bits per heavy atom. The Kier molecular flexibility index (Phi) is 5.41. The van der Waals surface area contributed by atoms with Crippen LogP contribution in [-0.2, 0) is 11.2 Å². The number of hydrogen-bond acceptors (Lipinski definition) is 5. The highest BCUT2D eigenvalue weighted by Crippen LogP contribution is 2.29. The number of nitrogen functional groups attached to an aromatic ring is 1. The zero-order chi connectivity index (χ0) is 18.5. The van der Waals surface area contributed by atoms with Gasteiger partial charge in [0.2, 0.25) is 5.91 Å². The van der Waals surface area contributed by atoms with Crippen LogP contribution >= 0.6 is 0 Å². The summed E-state index contributed by atoms with van der Waals surface area (Å²) in [5, 5.41) is 6.14. The van der Waals surface area contributed by atoms with E-state index in [1.165, 1.54) is 0 Å². The first-order valence-corrected chi connectivity index (χ1v) is 8.55. The highest BCUT2D eigenvalue weighted by atomic mass is 16.5. The van der Waals surface area contributed by atoms with Crippen molar-refractivity contribution in [3.63, 3.8) is 0 Å². The summed E-state index contributed by atoms with van der Waals surface area (Å²) in [6.07, 6.45) is 1.80. The molecule has 0 aromatic heterocycles. The van der Waals surface area contributed by atoms with Crippen LogP contribution in [0.4, 0.5) is 5.69 Å². The molecule has 0 bridgehead atoms. The lowest BCUT2D eigenvalue weighted by Gasteiger charge is -2.24. The van der Waals surface area contributed by atoms with Gasteiger partial charge in [-0.25, -0.2) is 5.01 Å². The smallest absolute Gasteiger partial charge is 0.243 e. The lowest BCUT2D eigenvalue weighted by atomic mass is 10.0. The van der Waals surface area contributed by atoms with Crippen molar-refractivity contribution in [1.82, 2.24) is 5.01 Å². The SMILES string of the molecule is COc1ccc(C2=NN(CCc3ccc(N)cc3)C(=O)CC2)cc1OC. The monoisotopic (exact) mass is 353 g/mol. The van der Waals surface area contributed by atoms with Gasteiger partial charge in [-0.15, -0.1) is 0 Å². The maximum absolute atomic E-state index is 12.2. The molecule has 26 heavy (non-hydrogen) atoms. The molecule has 6 heteroatoms. The van der Waals surface area contributed by atoms with E-state index >= 15 is 0 Å². The number of hydrazone groups is 1. The number of rotatable bonds is 6. The number of nitrogens with two attached hydrogens (primary N) is 1. The summed E-state index contributed by atoms with van der Waals surface area (Å²) in [4.78, 5) is 12.2. The Morgan fingerprint density at radius 2 is 1.77 bits per heavy atom. The molecule has 0 radical (unpaired) electrons. The Balaban J connectivity index is 1.77. The maximum atomic E-state index is 12.2. The van der Waals surface area contributed by atoms with E-state index < -0.39 is 0 Å². The molecule has 2 aromatic carbocycles. The van der Waals surface area contributed by atoms with Gasteiger partial charge in [0.05, 0.1) is 19.9 Å². The van der Waals surface area contributed by atoms with Crippen LogP contribution < -0.4 is 15.2 Å². The van der Waals surface area contributed by atoms with Gasteiger partial charge in [0.25, 0.3) is 0 Å². The lowest BCUT2D eigenvalue weighted by Crippen LogP contribution is -2.33. The van der Waals surface area contributed by atoms with Crippen LogP contribution in [0.15, 0.2) is 47.6 Å². The molecule has 6 nitrogen and oxygen atoms in total. The molecule has 0 atom stereocenters. The first-order chi connectivity index (χ1) is 12.6. The van der Waals surface area contributed by atoms with Crippen LogP contribution in [0, 0.1) is 0 Å². The Labute approximate surface area is 153 Å². The Morgan fingerprint density at radius 1 is 1.04 bits per heavy atom. The number of ether oxygens (including phenoxy) is 2. The summed E-state index contributed by atoms with van der Waals surface area (Å²) in [6, 6.07) is 13.4. The molecule has 0 unspecified atom stereocenters. The minimum Gasteiger partial charge on any atom is -0.493 e. The fraction of sp³-hybridized carbons (Fsp3) is 0.300. The Hall–Kier alpha value is -3.02. The van der Waals surface area contributed by atoms with E-state index in [-0.39, 0.29) is 5.91 Å². The number of carbonyl (C=O) groups is 1. The first kappa shape index (κ1) is 17.8. The van der Waals surface area contributed by atoms with Gasteiger partial charge in [-0.1, -0.05) is 12.1 Å². The van der Waals surface area contributed by atoms with Crippen LogP contribution in [0.5, 0.6) is 11.5 Å². The third-order valence-corrected chi connectivity index (χ3v) is 4.41. The van der Waals surface area contributed by atoms with E-state index in [1.54, 1.807) is 19.2 Å². The number of methoxy groups -OCH3 is 2. The third-order valence-electron chi connectivity index (χ3n) is 4.41. The molecular formula is C20H23N3O3. The van der Waals surface area contributed by atoms with Gasteiger partial charge in [-0.3, -0.25) is 4.79 Å². The van der Waals surface area contributed by atoms with Crippen LogP contribution in [-0.4, -0.2) is 37.4 Å². The van der Waals surface area contributed by atoms with Crippen LogP contribution in [0.3, 0.4) is 0 Å². The number of amides is 1. The second-order valence-corrected chi connectivity index (χ2v) is 6.12. The average molecular weight is 353 g/mol. The standard InChI is InChI=1S/C20H23N3O3/c1-25-18-9-5-15(13-19(18)26-2)17-8-10-20(24)23(22-17)12-11-14-3-6-16(21)7-4-14/h3-7,9,13H,8,10-12,21H2,1-2H3. The summed E-state index contributed by atoms with van der Waals surface area (Å²) in [7, 11) is 3.21. The van der Waals surface area contributed by atoms with Crippen LogP contribution in [0.1, 0.15) is 24.0 Å². The molecular weight excluding hydrogens is 330 g/mol. The van der Waals surface area contributed by atoms with Crippen molar-refractivity contribution >= 4 is 17.3 Å². The van der Waals surface area contributed by atoms with E-state index in [4.69, 9.17) is 15.2 Å². The minimum absolute atomic E-state index is 0.0460. The van der Waals surface area contributed by atoms with Gasteiger partial charge < -0.3 is 15.2 Å². The van der Waals surface area contributed by atoms with Gasteiger partial charge in [0.1, 0.15) is 0 Å². The molecule has 0 spiro atoms. The molecule has 136 valence electrons. The van der Waals surface area contributed by atoms with E-state index in [2.05, 4.69) is 5.10 Å². The molecule has 0 aliphatic carbocycles. The minimum atomic E-state index is 0.0460. The number of carbonyl (C=O) groups excluding carboxylic acids is 1. The summed E-state index contributed by atoms with van der Waals surface area (Å²) in [5.74, 6) is 1.37. The van der Waals surface area contributed by atoms with Gasteiger partial charge >= 0.3 is 0 Å². The normalized spacial score (nSPS) is 14.2. The van der Waals surface area contributed by atoms with Crippen LogP contribution in [0.2, 0.25) is 0 Å². The second kappa shape index (κ2) is 7.91. The van der Waals surface area contributed by atoms with Gasteiger partial charge in [-0.2, -0.15) is 5.10 Å². The molecule has 3 rings (SSSR count). The molecule has 2 aromatic rings. The average Bonchev–Trinajstić information content (AvgIpc) is 2.68. The number of hydrogen-bond donors (Lipinski definition) is 1. The van der Waals surface area contributed by atoms with Crippen molar-refractivity contribution in [3.05, 3.63) is 53.6 Å². The predicted octanol–water partition coefficient (Wildman–Crippen LogP) is 2.86. The van der Waals surface area contributed by atoms with E-state index in [0.29, 0.717) is 30.9 Å². The molecule has 0 fully saturated rings. The fourth-order valence-corrected chi connectivity index (χ4v) is 2.92. The molecule has 2 N–H and O–H groups in total. The molecule has 1 heterocycles. The molecule has 1 aliphatic rings. The van der Waals surface area contributed by atoms with Crippen molar-refractivity contribution in [3.8, 4) is 11.5 Å². The van der Waals surface area contributed by atoms with E-state index in [0.717, 1.165) is 28.9 Å². The van der Waals surface area contributed by atoms with Crippen molar-refractivity contribution in [1.29, 1.82) is 0 Å². The lowest BCUT2D eigenvalue weighted by molar-refractivity contribution is -0.131. The molecule has 0 saturated carbocycles. The van der Waals surface area contributed by atoms with Crippen molar-refractivity contribution in [2.24, 2.45) is 5.10 Å². The fourth-order valence-electron chi connectivity index (χ4n) is 2.92. The first-order valence-electron chi connectivity index (χ1n) is 8.55. The van der Waals surface area contributed by atoms with E-state index in [9.17, 15) is 4.79 Å². The predicted molar refractivity (Wildman–Crippen MR) is 102 cm³/mol. The Bertz CT molecular complexity index is 816. The van der Waals surface area contributed by atoms with Gasteiger partial charge in [0, 0.05) is 30.6 Å². The largest absolute Gasteiger partial charge is 0.493 e. The summed E-state index contributed by atoms with van der Waals surface area (Å²) >= 11 is 0. The van der Waals surface area contributed by atoms with E-state index in [1.807, 2.05) is 42.5 Å².